The van der Waals surface area contributed by atoms with Gasteiger partial charge >= 0.3 is 0 Å². The van der Waals surface area contributed by atoms with Crippen molar-refractivity contribution in [2.75, 3.05) is 24.6 Å². The van der Waals surface area contributed by atoms with Gasteiger partial charge in [0.1, 0.15) is 0 Å². The van der Waals surface area contributed by atoms with E-state index in [2.05, 4.69) is 27.7 Å². The number of hydrogen-bond donors (Lipinski definition) is 0. The van der Waals surface area contributed by atoms with Crippen molar-refractivity contribution in [1.29, 1.82) is 0 Å². The van der Waals surface area contributed by atoms with Gasteiger partial charge in [0.2, 0.25) is 0 Å². The molecule has 0 amide bonds. The standard InChI is InChI=1S/C16H36P.H2O/c1-5-9-13-17(14-10-6-2,15-11-7-3)16-12-8-4;/h5-16H2,1-4H3;1H2/q+1;. The van der Waals surface area contributed by atoms with Crippen LogP contribution in [0.3, 0.4) is 0 Å². The molecule has 0 aliphatic rings. The van der Waals surface area contributed by atoms with Gasteiger partial charge in [-0.1, -0.05) is 53.4 Å². The van der Waals surface area contributed by atoms with Gasteiger partial charge in [-0.3, -0.25) is 0 Å². The number of unbranched alkanes of at least 4 members (excludes halogenated alkanes) is 4. The highest BCUT2D eigenvalue weighted by atomic mass is 31.2. The molecule has 0 aromatic rings. The minimum Gasteiger partial charge on any atom is -0.412 e. The van der Waals surface area contributed by atoms with Crippen LogP contribution in [0.15, 0.2) is 0 Å². The maximum Gasteiger partial charge on any atom is 0.0594 e. The van der Waals surface area contributed by atoms with E-state index in [1.54, 1.807) is 24.6 Å². The molecular formula is C16H38OP+. The quantitative estimate of drug-likeness (QED) is 0.429. The topological polar surface area (TPSA) is 31.5 Å². The molecule has 2 N–H and O–H groups in total. The summed E-state index contributed by atoms with van der Waals surface area (Å²) in [5.41, 5.74) is 0. The normalized spacial score (nSPS) is 11.3. The molecule has 2 heteroatoms. The molecule has 0 aliphatic carbocycles. The van der Waals surface area contributed by atoms with Crippen LogP contribution in [0, 0.1) is 0 Å². The lowest BCUT2D eigenvalue weighted by molar-refractivity contribution is 0.814. The molecule has 0 radical (unpaired) electrons. The van der Waals surface area contributed by atoms with Crippen LogP contribution in [0.5, 0.6) is 0 Å². The van der Waals surface area contributed by atoms with Gasteiger partial charge in [-0.25, -0.2) is 0 Å². The van der Waals surface area contributed by atoms with E-state index in [0.29, 0.717) is 0 Å². The summed E-state index contributed by atoms with van der Waals surface area (Å²) < 4.78 is 0. The van der Waals surface area contributed by atoms with E-state index in [0.717, 1.165) is 0 Å². The predicted octanol–water partition coefficient (Wildman–Crippen LogP) is 5.38. The van der Waals surface area contributed by atoms with Crippen LogP contribution in [0.25, 0.3) is 0 Å². The minimum absolute atomic E-state index is 0. The molecule has 0 saturated heterocycles. The fourth-order valence-corrected chi connectivity index (χ4v) is 7.93. The Morgan fingerprint density at radius 1 is 0.500 bits per heavy atom. The van der Waals surface area contributed by atoms with E-state index >= 15 is 0 Å². The molecule has 0 heterocycles. The van der Waals surface area contributed by atoms with Crippen molar-refractivity contribution < 1.29 is 5.48 Å². The Morgan fingerprint density at radius 3 is 0.889 bits per heavy atom. The maximum absolute atomic E-state index is 2.36. The van der Waals surface area contributed by atoms with Gasteiger partial charge < -0.3 is 5.48 Å². The third-order valence-electron chi connectivity index (χ3n) is 3.94. The molecule has 0 fully saturated rings. The molecule has 0 spiro atoms. The highest BCUT2D eigenvalue weighted by Gasteiger charge is 2.34. The van der Waals surface area contributed by atoms with Gasteiger partial charge in [0.15, 0.2) is 0 Å². The van der Waals surface area contributed by atoms with E-state index < -0.39 is 7.26 Å². The summed E-state index contributed by atoms with van der Waals surface area (Å²) in [7, 11) is -0.562. The van der Waals surface area contributed by atoms with Gasteiger partial charge in [-0.2, -0.15) is 0 Å². The van der Waals surface area contributed by atoms with Crippen LogP contribution in [-0.4, -0.2) is 30.1 Å². The first-order valence-electron chi connectivity index (χ1n) is 8.09. The Bertz CT molecular complexity index is 122. The van der Waals surface area contributed by atoms with Crippen LogP contribution in [0.2, 0.25) is 0 Å². The molecule has 0 bridgehead atoms. The van der Waals surface area contributed by atoms with Crippen LogP contribution >= 0.6 is 7.26 Å². The third kappa shape index (κ3) is 9.34. The van der Waals surface area contributed by atoms with Gasteiger partial charge in [0, 0.05) is 7.26 Å². The highest BCUT2D eigenvalue weighted by molar-refractivity contribution is 7.75. The summed E-state index contributed by atoms with van der Waals surface area (Å²) in [5, 5.41) is 0. The second kappa shape index (κ2) is 13.8. The van der Waals surface area contributed by atoms with Crippen LogP contribution in [0.1, 0.15) is 79.1 Å². The maximum atomic E-state index is 2.36. The van der Waals surface area contributed by atoms with E-state index in [1.165, 1.54) is 51.4 Å². The lowest BCUT2D eigenvalue weighted by atomic mass is 10.4. The van der Waals surface area contributed by atoms with Crippen molar-refractivity contribution in [3.8, 4) is 0 Å². The van der Waals surface area contributed by atoms with E-state index in [9.17, 15) is 0 Å². The molecule has 0 rings (SSSR count). The van der Waals surface area contributed by atoms with Crippen molar-refractivity contribution in [2.24, 2.45) is 0 Å². The van der Waals surface area contributed by atoms with Crippen molar-refractivity contribution in [3.63, 3.8) is 0 Å². The highest BCUT2D eigenvalue weighted by Crippen LogP contribution is 2.61. The molecule has 0 aliphatic heterocycles. The third-order valence-corrected chi connectivity index (χ3v) is 9.00. The number of hydrogen-bond acceptors (Lipinski definition) is 0. The largest absolute Gasteiger partial charge is 0.412 e. The summed E-state index contributed by atoms with van der Waals surface area (Å²) in [6.07, 6.45) is 17.9. The summed E-state index contributed by atoms with van der Waals surface area (Å²) in [4.78, 5) is 0. The first-order chi connectivity index (χ1) is 8.24. The van der Waals surface area contributed by atoms with Crippen LogP contribution < -0.4 is 0 Å². The molecule has 0 atom stereocenters. The Hall–Kier alpha value is 0.390. The molecule has 0 unspecified atom stereocenters. The monoisotopic (exact) mass is 277 g/mol. The van der Waals surface area contributed by atoms with Crippen molar-refractivity contribution in [1.82, 2.24) is 0 Å². The van der Waals surface area contributed by atoms with E-state index in [4.69, 9.17) is 0 Å². The zero-order valence-corrected chi connectivity index (χ0v) is 14.3. The molecule has 0 aromatic heterocycles. The molecule has 18 heavy (non-hydrogen) atoms. The second-order valence-electron chi connectivity index (χ2n) is 5.65. The summed E-state index contributed by atoms with van der Waals surface area (Å²) in [5.74, 6) is 0. The van der Waals surface area contributed by atoms with Crippen molar-refractivity contribution >= 4 is 7.26 Å². The lowest BCUT2D eigenvalue weighted by Gasteiger charge is -2.28. The van der Waals surface area contributed by atoms with E-state index in [-0.39, 0.29) is 5.48 Å². The first kappa shape index (κ1) is 20.7. The smallest absolute Gasteiger partial charge is 0.0594 e. The molecule has 0 aromatic carbocycles. The van der Waals surface area contributed by atoms with Crippen molar-refractivity contribution in [3.05, 3.63) is 0 Å². The zero-order valence-electron chi connectivity index (χ0n) is 13.4. The first-order valence-corrected chi connectivity index (χ1v) is 10.6. The molecule has 1 nitrogen and oxygen atoms in total. The minimum atomic E-state index is -0.562. The zero-order chi connectivity index (χ0) is 13.0. The van der Waals surface area contributed by atoms with Gasteiger partial charge in [0.05, 0.1) is 24.6 Å². The average molecular weight is 277 g/mol. The fraction of sp³-hybridized carbons (Fsp3) is 1.00. The van der Waals surface area contributed by atoms with Gasteiger partial charge in [-0.05, 0) is 25.7 Å². The van der Waals surface area contributed by atoms with E-state index in [1.807, 2.05) is 0 Å². The summed E-state index contributed by atoms with van der Waals surface area (Å²) in [6, 6.07) is 0. The number of rotatable bonds is 12. The Kier molecular flexibility index (Phi) is 15.9. The Balaban J connectivity index is 0. The molecule has 0 saturated carbocycles. The second-order valence-corrected chi connectivity index (χ2v) is 10.1. The summed E-state index contributed by atoms with van der Waals surface area (Å²) in [6.45, 7) is 9.42. The predicted molar refractivity (Wildman–Crippen MR) is 89.6 cm³/mol. The Morgan fingerprint density at radius 2 is 0.722 bits per heavy atom. The van der Waals surface area contributed by atoms with Gasteiger partial charge in [-0.15, -0.1) is 0 Å². The van der Waals surface area contributed by atoms with Crippen LogP contribution in [-0.2, 0) is 0 Å². The average Bonchev–Trinajstić information content (AvgIpc) is 2.37. The summed E-state index contributed by atoms with van der Waals surface area (Å²) >= 11 is 0. The molecule has 112 valence electrons. The van der Waals surface area contributed by atoms with Gasteiger partial charge in [0.25, 0.3) is 0 Å². The fourth-order valence-electron chi connectivity index (χ4n) is 2.64. The van der Waals surface area contributed by atoms with Crippen molar-refractivity contribution in [2.45, 2.75) is 79.1 Å². The molecular weight excluding hydrogens is 239 g/mol. The SMILES string of the molecule is CCCC[P+](CCCC)(CCCC)CCCC.O. The lowest BCUT2D eigenvalue weighted by Crippen LogP contribution is -2.12. The Labute approximate surface area is 117 Å². The van der Waals surface area contributed by atoms with Crippen LogP contribution in [0.4, 0.5) is 0 Å².